The number of hydrogen-bond acceptors (Lipinski definition) is 1. The Morgan fingerprint density at radius 1 is 1.46 bits per heavy atom. The molecule has 0 N–H and O–H groups in total. The third kappa shape index (κ3) is 2.85. The standard InChI is InChI=1S/C11H14ClN/c1-4-9(3)13-11-6-5-10(12)7-8(11)2/h5-7H,4H2,1-3H3/b13-9-. The minimum absolute atomic E-state index is 0.769. The van der Waals surface area contributed by atoms with Crippen molar-refractivity contribution in [1.82, 2.24) is 0 Å². The van der Waals surface area contributed by atoms with Gasteiger partial charge in [-0.3, -0.25) is 4.99 Å². The van der Waals surface area contributed by atoms with E-state index in [1.54, 1.807) is 0 Å². The van der Waals surface area contributed by atoms with Crippen LogP contribution in [0.3, 0.4) is 0 Å². The third-order valence-corrected chi connectivity index (χ3v) is 2.22. The fourth-order valence-electron chi connectivity index (χ4n) is 1.03. The second kappa shape index (κ2) is 4.43. The molecule has 0 aromatic heterocycles. The number of benzene rings is 1. The lowest BCUT2D eigenvalue weighted by Gasteiger charge is -2.01. The summed E-state index contributed by atoms with van der Waals surface area (Å²) in [6.45, 7) is 6.16. The zero-order chi connectivity index (χ0) is 9.84. The van der Waals surface area contributed by atoms with Crippen LogP contribution < -0.4 is 0 Å². The van der Waals surface area contributed by atoms with Crippen molar-refractivity contribution in [2.75, 3.05) is 0 Å². The van der Waals surface area contributed by atoms with Crippen LogP contribution in [-0.2, 0) is 0 Å². The highest BCUT2D eigenvalue weighted by Gasteiger charge is 1.97. The SMILES string of the molecule is CC/C(C)=N\c1ccc(Cl)cc1C. The maximum atomic E-state index is 5.84. The van der Waals surface area contributed by atoms with E-state index in [-0.39, 0.29) is 0 Å². The lowest BCUT2D eigenvalue weighted by Crippen LogP contribution is -1.86. The summed E-state index contributed by atoms with van der Waals surface area (Å²) >= 11 is 5.84. The minimum atomic E-state index is 0.769. The quantitative estimate of drug-likeness (QED) is 0.629. The Hall–Kier alpha value is -0.820. The minimum Gasteiger partial charge on any atom is -0.258 e. The monoisotopic (exact) mass is 195 g/mol. The average Bonchev–Trinajstić information content (AvgIpc) is 2.09. The summed E-state index contributed by atoms with van der Waals surface area (Å²) in [5.41, 5.74) is 3.29. The van der Waals surface area contributed by atoms with Gasteiger partial charge >= 0.3 is 0 Å². The molecule has 13 heavy (non-hydrogen) atoms. The zero-order valence-corrected chi connectivity index (χ0v) is 9.02. The topological polar surface area (TPSA) is 12.4 Å². The summed E-state index contributed by atoms with van der Waals surface area (Å²) in [7, 11) is 0. The van der Waals surface area contributed by atoms with Crippen LogP contribution >= 0.6 is 11.6 Å². The fourth-order valence-corrected chi connectivity index (χ4v) is 1.26. The van der Waals surface area contributed by atoms with Gasteiger partial charge in [-0.2, -0.15) is 0 Å². The molecule has 2 heteroatoms. The predicted octanol–water partition coefficient (Wildman–Crippen LogP) is 4.15. The first kappa shape index (κ1) is 10.3. The number of aryl methyl sites for hydroxylation is 1. The third-order valence-electron chi connectivity index (χ3n) is 1.98. The summed E-state index contributed by atoms with van der Waals surface area (Å²) in [6.07, 6.45) is 0.988. The first-order chi connectivity index (χ1) is 6.13. The first-order valence-corrected chi connectivity index (χ1v) is 4.81. The van der Waals surface area contributed by atoms with E-state index in [1.165, 1.54) is 0 Å². The van der Waals surface area contributed by atoms with Gasteiger partial charge in [0.15, 0.2) is 0 Å². The molecular formula is C11H14ClN. The van der Waals surface area contributed by atoms with Crippen LogP contribution in [0, 0.1) is 6.92 Å². The van der Waals surface area contributed by atoms with Crippen molar-refractivity contribution >= 4 is 23.0 Å². The predicted molar refractivity (Wildman–Crippen MR) is 59.2 cm³/mol. The molecule has 0 heterocycles. The Morgan fingerprint density at radius 3 is 2.69 bits per heavy atom. The highest BCUT2D eigenvalue weighted by Crippen LogP contribution is 2.22. The second-order valence-electron chi connectivity index (χ2n) is 3.13. The average molecular weight is 196 g/mol. The van der Waals surface area contributed by atoms with Gasteiger partial charge in [0.1, 0.15) is 0 Å². The summed E-state index contributed by atoms with van der Waals surface area (Å²) in [6, 6.07) is 5.76. The number of halogens is 1. The van der Waals surface area contributed by atoms with Crippen LogP contribution in [0.15, 0.2) is 23.2 Å². The molecule has 0 fully saturated rings. The summed E-state index contributed by atoms with van der Waals surface area (Å²) in [4.78, 5) is 4.48. The number of nitrogens with zero attached hydrogens (tertiary/aromatic N) is 1. The van der Waals surface area contributed by atoms with Crippen LogP contribution in [0.2, 0.25) is 5.02 Å². The molecule has 0 saturated carbocycles. The Balaban J connectivity index is 3.03. The van der Waals surface area contributed by atoms with Gasteiger partial charge in [-0.1, -0.05) is 18.5 Å². The smallest absolute Gasteiger partial charge is 0.0659 e. The molecule has 0 saturated heterocycles. The first-order valence-electron chi connectivity index (χ1n) is 4.43. The van der Waals surface area contributed by atoms with Crippen molar-refractivity contribution in [3.8, 4) is 0 Å². The number of hydrogen-bond donors (Lipinski definition) is 0. The maximum absolute atomic E-state index is 5.84. The molecule has 0 spiro atoms. The van der Waals surface area contributed by atoms with Crippen molar-refractivity contribution < 1.29 is 0 Å². The molecule has 0 unspecified atom stereocenters. The van der Waals surface area contributed by atoms with E-state index >= 15 is 0 Å². The van der Waals surface area contributed by atoms with Crippen LogP contribution in [0.4, 0.5) is 5.69 Å². The van der Waals surface area contributed by atoms with Gasteiger partial charge < -0.3 is 0 Å². The molecule has 0 aliphatic rings. The molecular weight excluding hydrogens is 182 g/mol. The van der Waals surface area contributed by atoms with Crippen molar-refractivity contribution in [3.63, 3.8) is 0 Å². The summed E-state index contributed by atoms with van der Waals surface area (Å²) in [5, 5.41) is 0.769. The van der Waals surface area contributed by atoms with Gasteiger partial charge in [0.25, 0.3) is 0 Å². The highest BCUT2D eigenvalue weighted by molar-refractivity contribution is 6.30. The lowest BCUT2D eigenvalue weighted by atomic mass is 10.2. The fraction of sp³-hybridized carbons (Fsp3) is 0.364. The largest absolute Gasteiger partial charge is 0.258 e. The molecule has 0 bridgehead atoms. The Labute approximate surface area is 84.5 Å². The van der Waals surface area contributed by atoms with E-state index in [0.29, 0.717) is 0 Å². The molecule has 70 valence electrons. The summed E-state index contributed by atoms with van der Waals surface area (Å²) < 4.78 is 0. The number of rotatable bonds is 2. The van der Waals surface area contributed by atoms with E-state index in [9.17, 15) is 0 Å². The van der Waals surface area contributed by atoms with Gasteiger partial charge in [-0.05, 0) is 44.0 Å². The van der Waals surface area contributed by atoms with Crippen LogP contribution in [0.25, 0.3) is 0 Å². The van der Waals surface area contributed by atoms with Crippen LogP contribution in [0.1, 0.15) is 25.8 Å². The van der Waals surface area contributed by atoms with Crippen molar-refractivity contribution in [1.29, 1.82) is 0 Å². The van der Waals surface area contributed by atoms with Crippen LogP contribution in [-0.4, -0.2) is 5.71 Å². The van der Waals surface area contributed by atoms with E-state index < -0.39 is 0 Å². The van der Waals surface area contributed by atoms with E-state index in [2.05, 4.69) is 11.9 Å². The normalized spacial score (nSPS) is 11.8. The molecule has 0 amide bonds. The van der Waals surface area contributed by atoms with Crippen molar-refractivity contribution in [3.05, 3.63) is 28.8 Å². The van der Waals surface area contributed by atoms with E-state index in [1.807, 2.05) is 32.0 Å². The van der Waals surface area contributed by atoms with Gasteiger partial charge in [0.05, 0.1) is 5.69 Å². The molecule has 1 nitrogen and oxygen atoms in total. The Kier molecular flexibility index (Phi) is 3.49. The maximum Gasteiger partial charge on any atom is 0.0659 e. The van der Waals surface area contributed by atoms with Gasteiger partial charge in [-0.25, -0.2) is 0 Å². The van der Waals surface area contributed by atoms with Crippen LogP contribution in [0.5, 0.6) is 0 Å². The molecule has 1 rings (SSSR count). The zero-order valence-electron chi connectivity index (χ0n) is 8.26. The number of aliphatic imine (C=N–C) groups is 1. The molecule has 0 aliphatic heterocycles. The molecule has 0 aliphatic carbocycles. The lowest BCUT2D eigenvalue weighted by molar-refractivity contribution is 1.24. The Bertz CT molecular complexity index is 329. The van der Waals surface area contributed by atoms with Crippen molar-refractivity contribution in [2.24, 2.45) is 4.99 Å². The van der Waals surface area contributed by atoms with Gasteiger partial charge in [0.2, 0.25) is 0 Å². The molecule has 1 aromatic carbocycles. The molecule has 0 radical (unpaired) electrons. The molecule has 0 atom stereocenters. The van der Waals surface area contributed by atoms with Crippen molar-refractivity contribution in [2.45, 2.75) is 27.2 Å². The van der Waals surface area contributed by atoms with Gasteiger partial charge in [0, 0.05) is 10.7 Å². The summed E-state index contributed by atoms with van der Waals surface area (Å²) in [5.74, 6) is 0. The highest BCUT2D eigenvalue weighted by atomic mass is 35.5. The van der Waals surface area contributed by atoms with E-state index in [4.69, 9.17) is 11.6 Å². The molecule has 1 aromatic rings. The van der Waals surface area contributed by atoms with E-state index in [0.717, 1.165) is 28.4 Å². The Morgan fingerprint density at radius 2 is 2.15 bits per heavy atom. The second-order valence-corrected chi connectivity index (χ2v) is 3.57. The van der Waals surface area contributed by atoms with Gasteiger partial charge in [-0.15, -0.1) is 0 Å².